The van der Waals surface area contributed by atoms with Crippen molar-refractivity contribution in [1.82, 2.24) is 9.97 Å². The van der Waals surface area contributed by atoms with E-state index in [-0.39, 0.29) is 5.56 Å². The Balaban J connectivity index is 1.79. The first-order valence-corrected chi connectivity index (χ1v) is 10.7. The van der Waals surface area contributed by atoms with Crippen LogP contribution in [0.25, 0.3) is 0 Å². The third-order valence-corrected chi connectivity index (χ3v) is 5.08. The van der Waals surface area contributed by atoms with Crippen molar-refractivity contribution in [3.05, 3.63) is 50.4 Å². The number of ether oxygens (including phenoxy) is 1. The Labute approximate surface area is 177 Å². The molecule has 1 heterocycles. The fourth-order valence-corrected chi connectivity index (χ4v) is 3.03. The number of nitrogens with one attached hydrogen (secondary N) is 2. The molecule has 0 saturated heterocycles. The third kappa shape index (κ3) is 7.89. The molecule has 29 heavy (non-hydrogen) atoms. The summed E-state index contributed by atoms with van der Waals surface area (Å²) in [5.74, 6) is 1.05. The molecule has 0 amide bonds. The molecule has 0 unspecified atom stereocenters. The summed E-state index contributed by atoms with van der Waals surface area (Å²) in [5.41, 5.74) is 4.53. The monoisotopic (exact) mass is 418 g/mol. The zero-order valence-electron chi connectivity index (χ0n) is 17.6. The van der Waals surface area contributed by atoms with Gasteiger partial charge in [-0.15, -0.1) is 0 Å². The number of aromatic amines is 1. The lowest BCUT2D eigenvalue weighted by atomic mass is 10.1. The Bertz CT molecular complexity index is 864. The molecular weight excluding hydrogens is 388 g/mol. The van der Waals surface area contributed by atoms with Crippen molar-refractivity contribution < 1.29 is 4.74 Å². The number of hydrazone groups is 1. The molecule has 158 valence electrons. The van der Waals surface area contributed by atoms with Gasteiger partial charge < -0.3 is 4.74 Å². The van der Waals surface area contributed by atoms with E-state index >= 15 is 0 Å². The number of H-pyrrole nitrogens is 1. The van der Waals surface area contributed by atoms with Crippen molar-refractivity contribution in [3.63, 3.8) is 0 Å². The highest BCUT2D eigenvalue weighted by Gasteiger charge is 2.03. The lowest BCUT2D eigenvalue weighted by molar-refractivity contribution is 0.304. The normalized spacial score (nSPS) is 11.2. The van der Waals surface area contributed by atoms with Crippen LogP contribution in [0.15, 0.2) is 28.1 Å². The van der Waals surface area contributed by atoms with Crippen molar-refractivity contribution in [2.75, 3.05) is 12.0 Å². The van der Waals surface area contributed by atoms with Crippen molar-refractivity contribution in [1.29, 1.82) is 0 Å². The van der Waals surface area contributed by atoms with Gasteiger partial charge in [-0.2, -0.15) is 5.10 Å². The van der Waals surface area contributed by atoms with Crippen LogP contribution >= 0.6 is 11.6 Å². The van der Waals surface area contributed by atoms with Gasteiger partial charge >= 0.3 is 0 Å². The quantitative estimate of drug-likeness (QED) is 0.266. The summed E-state index contributed by atoms with van der Waals surface area (Å²) in [6.45, 7) is 6.44. The van der Waals surface area contributed by atoms with E-state index in [9.17, 15) is 4.79 Å². The number of anilines is 1. The highest BCUT2D eigenvalue weighted by atomic mass is 35.5. The van der Waals surface area contributed by atoms with E-state index in [1.807, 2.05) is 12.1 Å². The zero-order chi connectivity index (χ0) is 21.1. The number of nitrogens with zero attached hydrogens (tertiary/aromatic N) is 2. The number of aromatic nitrogens is 2. The molecule has 0 fully saturated rings. The highest BCUT2D eigenvalue weighted by molar-refractivity contribution is 6.33. The highest BCUT2D eigenvalue weighted by Crippen LogP contribution is 2.22. The van der Waals surface area contributed by atoms with Crippen LogP contribution < -0.4 is 15.7 Å². The Morgan fingerprint density at radius 1 is 1.17 bits per heavy atom. The summed E-state index contributed by atoms with van der Waals surface area (Å²) in [6.07, 6.45) is 10.4. The fourth-order valence-electron chi connectivity index (χ4n) is 2.81. The number of hydrogen-bond donors (Lipinski definition) is 2. The predicted octanol–water partition coefficient (Wildman–Crippen LogP) is 5.62. The summed E-state index contributed by atoms with van der Waals surface area (Å²) in [7, 11) is 0. The average Bonchev–Trinajstić information content (AvgIpc) is 2.69. The second-order valence-corrected chi connectivity index (χ2v) is 7.56. The number of unbranched alkanes of at least 4 members (excludes halogenated alkanes) is 6. The van der Waals surface area contributed by atoms with Gasteiger partial charge in [-0.25, -0.2) is 10.4 Å². The van der Waals surface area contributed by atoms with Crippen LogP contribution in [0.3, 0.4) is 0 Å². The summed E-state index contributed by atoms with van der Waals surface area (Å²) in [6, 6.07) is 5.52. The van der Waals surface area contributed by atoms with Crippen LogP contribution in [0.1, 0.15) is 68.7 Å². The number of halogens is 1. The number of aryl methyl sites for hydroxylation is 1. The molecule has 7 heteroatoms. The first-order valence-electron chi connectivity index (χ1n) is 10.3. The van der Waals surface area contributed by atoms with Crippen molar-refractivity contribution in [3.8, 4) is 5.75 Å². The van der Waals surface area contributed by atoms with Crippen LogP contribution in [0.5, 0.6) is 5.75 Å². The van der Waals surface area contributed by atoms with Gasteiger partial charge in [0.15, 0.2) is 0 Å². The van der Waals surface area contributed by atoms with Crippen LogP contribution in [-0.4, -0.2) is 22.8 Å². The molecule has 2 aromatic rings. The van der Waals surface area contributed by atoms with Gasteiger partial charge in [0.2, 0.25) is 5.95 Å². The molecular formula is C22H31ClN4O2. The smallest absolute Gasteiger partial charge is 0.255 e. The minimum atomic E-state index is -0.185. The molecule has 0 bridgehead atoms. The Morgan fingerprint density at radius 2 is 1.90 bits per heavy atom. The number of rotatable bonds is 12. The minimum absolute atomic E-state index is 0.185. The largest absolute Gasteiger partial charge is 0.494 e. The first kappa shape index (κ1) is 22.9. The average molecular weight is 419 g/mol. The van der Waals surface area contributed by atoms with E-state index in [4.69, 9.17) is 16.3 Å². The van der Waals surface area contributed by atoms with Crippen LogP contribution in [0.4, 0.5) is 5.95 Å². The molecule has 0 aliphatic heterocycles. The number of hydrogen-bond acceptors (Lipinski definition) is 5. The molecule has 0 spiro atoms. The van der Waals surface area contributed by atoms with E-state index in [0.717, 1.165) is 17.7 Å². The molecule has 0 aliphatic rings. The van der Waals surface area contributed by atoms with E-state index < -0.39 is 0 Å². The molecule has 6 nitrogen and oxygen atoms in total. The van der Waals surface area contributed by atoms with Crippen molar-refractivity contribution in [2.45, 2.75) is 65.7 Å². The van der Waals surface area contributed by atoms with Crippen molar-refractivity contribution in [2.24, 2.45) is 5.10 Å². The molecule has 0 radical (unpaired) electrons. The molecule has 1 aromatic heterocycles. The standard InChI is InChI=1S/C22H31ClN4O2/c1-4-5-6-7-8-9-10-13-29-19-12-11-18(20(23)14-19)15-24-27-22-25-17(3)16(2)21(28)26-22/h11-12,14-15H,4-10,13H2,1-3H3,(H2,25,26,27,28)/b24-15-. The van der Waals surface area contributed by atoms with Crippen LogP contribution in [0.2, 0.25) is 5.02 Å². The van der Waals surface area contributed by atoms with Gasteiger partial charge in [-0.1, -0.05) is 57.0 Å². The van der Waals surface area contributed by atoms with Crippen LogP contribution in [0, 0.1) is 13.8 Å². The van der Waals surface area contributed by atoms with Gasteiger partial charge in [0, 0.05) is 16.8 Å². The SMILES string of the molecule is CCCCCCCCCOc1ccc(/C=N\Nc2nc(C)c(C)c(=O)[nH]2)c(Cl)c1. The third-order valence-electron chi connectivity index (χ3n) is 4.76. The minimum Gasteiger partial charge on any atom is -0.494 e. The van der Waals surface area contributed by atoms with Gasteiger partial charge in [-0.3, -0.25) is 9.78 Å². The Hall–Kier alpha value is -2.34. The van der Waals surface area contributed by atoms with Gasteiger partial charge in [0.1, 0.15) is 5.75 Å². The molecule has 0 aliphatic carbocycles. The van der Waals surface area contributed by atoms with E-state index in [1.165, 1.54) is 38.5 Å². The maximum Gasteiger partial charge on any atom is 0.255 e. The Kier molecular flexibility index (Phi) is 9.71. The number of benzene rings is 1. The molecule has 0 saturated carbocycles. The van der Waals surface area contributed by atoms with Crippen molar-refractivity contribution >= 4 is 23.8 Å². The summed E-state index contributed by atoms with van der Waals surface area (Å²) in [4.78, 5) is 18.6. The molecule has 2 rings (SSSR count). The summed E-state index contributed by atoms with van der Waals surface area (Å²) in [5, 5.41) is 4.65. The Morgan fingerprint density at radius 3 is 2.59 bits per heavy atom. The van der Waals surface area contributed by atoms with Gasteiger partial charge in [0.25, 0.3) is 5.56 Å². The first-order chi connectivity index (χ1) is 14.0. The van der Waals surface area contributed by atoms with Crippen LogP contribution in [-0.2, 0) is 0 Å². The fraction of sp³-hybridized carbons (Fsp3) is 0.500. The molecule has 1 aromatic carbocycles. The lowest BCUT2D eigenvalue weighted by Crippen LogP contribution is -2.15. The zero-order valence-corrected chi connectivity index (χ0v) is 18.3. The van der Waals surface area contributed by atoms with Gasteiger partial charge in [-0.05, 0) is 38.5 Å². The van der Waals surface area contributed by atoms with E-state index in [2.05, 4.69) is 27.4 Å². The molecule has 2 N–H and O–H groups in total. The second-order valence-electron chi connectivity index (χ2n) is 7.15. The predicted molar refractivity (Wildman–Crippen MR) is 120 cm³/mol. The topological polar surface area (TPSA) is 79.4 Å². The second kappa shape index (κ2) is 12.3. The summed E-state index contributed by atoms with van der Waals surface area (Å²) >= 11 is 6.32. The van der Waals surface area contributed by atoms with Gasteiger partial charge in [0.05, 0.1) is 17.8 Å². The van der Waals surface area contributed by atoms with E-state index in [0.29, 0.717) is 28.8 Å². The lowest BCUT2D eigenvalue weighted by Gasteiger charge is -2.08. The molecule has 0 atom stereocenters. The maximum absolute atomic E-state index is 11.7. The van der Waals surface area contributed by atoms with E-state index in [1.54, 1.807) is 26.1 Å². The maximum atomic E-state index is 11.7. The summed E-state index contributed by atoms with van der Waals surface area (Å²) < 4.78 is 5.79.